The van der Waals surface area contributed by atoms with Gasteiger partial charge in [0.15, 0.2) is 0 Å². The third-order valence-electron chi connectivity index (χ3n) is 4.02. The molecule has 5 nitrogen and oxygen atoms in total. The molecule has 0 fully saturated rings. The van der Waals surface area contributed by atoms with Gasteiger partial charge in [-0.15, -0.1) is 0 Å². The molecule has 1 amide bonds. The molecule has 1 heterocycles. The molecule has 0 aliphatic rings. The van der Waals surface area contributed by atoms with Crippen molar-refractivity contribution in [3.8, 4) is 0 Å². The number of carbonyl (C=O) groups excluding carboxylic acids is 1. The summed E-state index contributed by atoms with van der Waals surface area (Å²) in [4.78, 5) is 21.1. The molecule has 0 unspecified atom stereocenters. The van der Waals surface area contributed by atoms with Gasteiger partial charge in [-0.1, -0.05) is 30.3 Å². The summed E-state index contributed by atoms with van der Waals surface area (Å²) in [5, 5.41) is 6.20. The van der Waals surface area contributed by atoms with Crippen molar-refractivity contribution in [2.24, 2.45) is 0 Å². The van der Waals surface area contributed by atoms with Crippen LogP contribution < -0.4 is 10.6 Å². The zero-order chi connectivity index (χ0) is 19.5. The van der Waals surface area contributed by atoms with Gasteiger partial charge in [0.25, 0.3) is 5.91 Å². The van der Waals surface area contributed by atoms with Crippen molar-refractivity contribution in [2.45, 2.75) is 0 Å². The van der Waals surface area contributed by atoms with Crippen LogP contribution in [0.2, 0.25) is 0 Å². The summed E-state index contributed by atoms with van der Waals surface area (Å²) in [7, 11) is 0. The van der Waals surface area contributed by atoms with Crippen LogP contribution in [0.3, 0.4) is 0 Å². The minimum absolute atomic E-state index is 0.166. The molecule has 0 bridgehead atoms. The number of fused-ring (bicyclic) bond motifs is 1. The Morgan fingerprint density at radius 2 is 1.61 bits per heavy atom. The van der Waals surface area contributed by atoms with Gasteiger partial charge in [-0.3, -0.25) is 4.79 Å². The standard InChI is InChI=1S/C21H14F2N4O/c22-13-10-11-16(23)18(12-13)26-21(28)20-25-17-9-5-4-8-15(17)19(27-20)24-14-6-2-1-3-7-14/h1-12H,(H,26,28)(H,24,25,27). The minimum Gasteiger partial charge on any atom is -0.340 e. The van der Waals surface area contributed by atoms with E-state index in [1.807, 2.05) is 42.5 Å². The second kappa shape index (κ2) is 7.40. The summed E-state index contributed by atoms with van der Waals surface area (Å²) in [6, 6.07) is 19.3. The monoisotopic (exact) mass is 376 g/mol. The average molecular weight is 376 g/mol. The maximum Gasteiger partial charge on any atom is 0.293 e. The van der Waals surface area contributed by atoms with Gasteiger partial charge in [0.2, 0.25) is 5.82 Å². The van der Waals surface area contributed by atoms with Gasteiger partial charge >= 0.3 is 0 Å². The number of hydrogen-bond donors (Lipinski definition) is 2. The largest absolute Gasteiger partial charge is 0.340 e. The van der Waals surface area contributed by atoms with Crippen LogP contribution >= 0.6 is 0 Å². The molecule has 0 aliphatic heterocycles. The van der Waals surface area contributed by atoms with Crippen molar-refractivity contribution in [1.82, 2.24) is 9.97 Å². The first-order valence-electron chi connectivity index (χ1n) is 8.45. The maximum atomic E-state index is 13.8. The normalized spacial score (nSPS) is 10.6. The van der Waals surface area contributed by atoms with E-state index in [0.29, 0.717) is 11.3 Å². The SMILES string of the molecule is O=C(Nc1cc(F)ccc1F)c1nc(Nc2ccccc2)c2ccccc2n1. The van der Waals surface area contributed by atoms with Crippen LogP contribution in [0.5, 0.6) is 0 Å². The molecule has 3 aromatic carbocycles. The summed E-state index contributed by atoms with van der Waals surface area (Å²) in [5.74, 6) is -1.89. The summed E-state index contributed by atoms with van der Waals surface area (Å²) in [6.07, 6.45) is 0. The van der Waals surface area contributed by atoms with E-state index in [9.17, 15) is 13.6 Å². The number of hydrogen-bond acceptors (Lipinski definition) is 4. The zero-order valence-electron chi connectivity index (χ0n) is 14.5. The Bertz CT molecular complexity index is 1170. The number of anilines is 3. The number of nitrogens with zero attached hydrogens (tertiary/aromatic N) is 2. The van der Waals surface area contributed by atoms with Crippen LogP contribution in [0.1, 0.15) is 10.6 Å². The second-order valence-corrected chi connectivity index (χ2v) is 5.98. The van der Waals surface area contributed by atoms with Crippen molar-refractivity contribution in [3.05, 3.63) is 90.3 Å². The molecule has 2 N–H and O–H groups in total. The predicted octanol–water partition coefficient (Wildman–Crippen LogP) is 4.90. The van der Waals surface area contributed by atoms with Gasteiger partial charge in [-0.2, -0.15) is 0 Å². The average Bonchev–Trinajstić information content (AvgIpc) is 2.71. The van der Waals surface area contributed by atoms with Gasteiger partial charge in [0.05, 0.1) is 11.2 Å². The van der Waals surface area contributed by atoms with E-state index in [1.165, 1.54) is 0 Å². The van der Waals surface area contributed by atoms with Gasteiger partial charge in [-0.05, 0) is 36.4 Å². The van der Waals surface area contributed by atoms with Crippen molar-refractivity contribution in [2.75, 3.05) is 10.6 Å². The van der Waals surface area contributed by atoms with Crippen molar-refractivity contribution < 1.29 is 13.6 Å². The van der Waals surface area contributed by atoms with E-state index >= 15 is 0 Å². The first-order chi connectivity index (χ1) is 13.6. The number of halogens is 2. The number of benzene rings is 3. The smallest absolute Gasteiger partial charge is 0.293 e. The third kappa shape index (κ3) is 3.64. The summed E-state index contributed by atoms with van der Waals surface area (Å²) < 4.78 is 27.2. The molecule has 138 valence electrons. The van der Waals surface area contributed by atoms with Crippen LogP contribution in [0.25, 0.3) is 10.9 Å². The number of para-hydroxylation sites is 2. The Hall–Kier alpha value is -3.87. The molecule has 0 radical (unpaired) electrons. The van der Waals surface area contributed by atoms with E-state index in [-0.39, 0.29) is 11.5 Å². The fraction of sp³-hybridized carbons (Fsp3) is 0. The highest BCUT2D eigenvalue weighted by molar-refractivity contribution is 6.04. The molecule has 0 atom stereocenters. The lowest BCUT2D eigenvalue weighted by atomic mass is 10.2. The molecule has 4 rings (SSSR count). The Morgan fingerprint density at radius 1 is 0.857 bits per heavy atom. The summed E-state index contributed by atoms with van der Waals surface area (Å²) in [6.45, 7) is 0. The number of carbonyl (C=O) groups is 1. The second-order valence-electron chi connectivity index (χ2n) is 5.98. The molecular formula is C21H14F2N4O. The molecule has 0 aliphatic carbocycles. The van der Waals surface area contributed by atoms with Crippen LogP contribution in [0, 0.1) is 11.6 Å². The van der Waals surface area contributed by atoms with Crippen LogP contribution in [-0.2, 0) is 0 Å². The van der Waals surface area contributed by atoms with E-state index in [4.69, 9.17) is 0 Å². The van der Waals surface area contributed by atoms with Crippen molar-refractivity contribution >= 4 is 34.0 Å². The zero-order valence-corrected chi connectivity index (χ0v) is 14.5. The summed E-state index contributed by atoms with van der Waals surface area (Å²) >= 11 is 0. The molecule has 7 heteroatoms. The highest BCUT2D eigenvalue weighted by Crippen LogP contribution is 2.24. The van der Waals surface area contributed by atoms with E-state index < -0.39 is 17.5 Å². The molecule has 0 saturated heterocycles. The number of aromatic nitrogens is 2. The summed E-state index contributed by atoms with van der Waals surface area (Å²) in [5.41, 5.74) is 1.05. The van der Waals surface area contributed by atoms with Gasteiger partial charge < -0.3 is 10.6 Å². The maximum absolute atomic E-state index is 13.8. The Balaban J connectivity index is 1.72. The topological polar surface area (TPSA) is 66.9 Å². The van der Waals surface area contributed by atoms with Gasteiger partial charge in [0.1, 0.15) is 17.5 Å². The predicted molar refractivity (Wildman–Crippen MR) is 104 cm³/mol. The minimum atomic E-state index is -0.752. The van der Waals surface area contributed by atoms with E-state index in [0.717, 1.165) is 29.3 Å². The highest BCUT2D eigenvalue weighted by Gasteiger charge is 2.16. The molecule has 0 spiro atoms. The highest BCUT2D eigenvalue weighted by atomic mass is 19.1. The molecule has 28 heavy (non-hydrogen) atoms. The van der Waals surface area contributed by atoms with Crippen LogP contribution in [0.4, 0.5) is 26.0 Å². The molecular weight excluding hydrogens is 362 g/mol. The fourth-order valence-corrected chi connectivity index (χ4v) is 2.70. The lowest BCUT2D eigenvalue weighted by Gasteiger charge is -2.11. The van der Waals surface area contributed by atoms with E-state index in [2.05, 4.69) is 20.6 Å². The van der Waals surface area contributed by atoms with Crippen LogP contribution in [-0.4, -0.2) is 15.9 Å². The Kier molecular flexibility index (Phi) is 4.63. The molecule has 4 aromatic rings. The lowest BCUT2D eigenvalue weighted by Crippen LogP contribution is -2.17. The van der Waals surface area contributed by atoms with E-state index in [1.54, 1.807) is 12.1 Å². The number of rotatable bonds is 4. The third-order valence-corrected chi connectivity index (χ3v) is 4.02. The lowest BCUT2D eigenvalue weighted by molar-refractivity contribution is 0.101. The first kappa shape index (κ1) is 17.5. The Labute approximate surface area is 159 Å². The molecule has 0 saturated carbocycles. The van der Waals surface area contributed by atoms with Crippen molar-refractivity contribution in [3.63, 3.8) is 0 Å². The number of amides is 1. The van der Waals surface area contributed by atoms with Crippen LogP contribution in [0.15, 0.2) is 72.8 Å². The fourth-order valence-electron chi connectivity index (χ4n) is 2.70. The van der Waals surface area contributed by atoms with Crippen molar-refractivity contribution in [1.29, 1.82) is 0 Å². The number of nitrogens with one attached hydrogen (secondary N) is 2. The molecule has 1 aromatic heterocycles. The van der Waals surface area contributed by atoms with Gasteiger partial charge in [0, 0.05) is 17.1 Å². The van der Waals surface area contributed by atoms with Gasteiger partial charge in [-0.25, -0.2) is 18.7 Å². The quantitative estimate of drug-likeness (QED) is 0.531. The Morgan fingerprint density at radius 3 is 2.43 bits per heavy atom. The first-order valence-corrected chi connectivity index (χ1v) is 8.45.